The largest absolute Gasteiger partial charge is 0.494 e. The Balaban J connectivity index is 0.00000616. The van der Waals surface area contributed by atoms with Crippen LogP contribution in [0.15, 0.2) is 80.6 Å². The van der Waals surface area contributed by atoms with E-state index in [0.717, 1.165) is 45.0 Å². The fourth-order valence-electron chi connectivity index (χ4n) is 4.01. The van der Waals surface area contributed by atoms with Crippen LogP contribution in [0.2, 0.25) is 0 Å². The number of sulfone groups is 1. The van der Waals surface area contributed by atoms with Crippen LogP contribution in [-0.4, -0.2) is 45.6 Å². The van der Waals surface area contributed by atoms with Crippen LogP contribution < -0.4 is 15.4 Å². The smallest absolute Gasteiger partial charge is 0.407 e. The van der Waals surface area contributed by atoms with Crippen LogP contribution in [-0.2, 0) is 14.6 Å². The normalized spacial score (nSPS) is 11.4. The second-order valence-corrected chi connectivity index (χ2v) is 14.5. The molecule has 0 aromatic heterocycles. The van der Waals surface area contributed by atoms with Gasteiger partial charge in [0.1, 0.15) is 11.4 Å². The molecule has 0 atom stereocenters. The summed E-state index contributed by atoms with van der Waals surface area (Å²) in [7, 11) is -3.41. The Bertz CT molecular complexity index is 1400. The molecule has 11 heteroatoms. The minimum atomic E-state index is -3.41. The van der Waals surface area contributed by atoms with Gasteiger partial charge in [-0.05, 0) is 107 Å². The number of carbonyl (C=O) groups excluding carboxylic acids is 1. The van der Waals surface area contributed by atoms with Gasteiger partial charge in [-0.15, -0.1) is 12.4 Å². The van der Waals surface area contributed by atoms with Crippen LogP contribution in [0.5, 0.6) is 5.75 Å². The van der Waals surface area contributed by atoms with E-state index in [9.17, 15) is 13.2 Å². The van der Waals surface area contributed by atoms with E-state index in [-0.39, 0.29) is 23.1 Å². The van der Waals surface area contributed by atoms with Crippen molar-refractivity contribution in [1.82, 2.24) is 5.32 Å². The van der Waals surface area contributed by atoms with Crippen molar-refractivity contribution in [3.05, 3.63) is 75.7 Å². The lowest BCUT2D eigenvalue weighted by molar-refractivity contribution is 0.0527. The second kappa shape index (κ2) is 17.1. The van der Waals surface area contributed by atoms with E-state index in [0.29, 0.717) is 31.9 Å². The predicted molar refractivity (Wildman–Crippen MR) is 180 cm³/mol. The summed E-state index contributed by atoms with van der Waals surface area (Å²) in [6.07, 6.45) is 2.60. The van der Waals surface area contributed by atoms with Gasteiger partial charge in [0.25, 0.3) is 0 Å². The molecule has 3 aromatic rings. The fraction of sp³-hybridized carbons (Fsp3) is 0.387. The molecule has 0 saturated carbocycles. The van der Waals surface area contributed by atoms with Crippen molar-refractivity contribution >= 4 is 65.9 Å². The number of unbranched alkanes of at least 4 members (excludes halogenated alkanes) is 2. The number of hydrogen-bond donors (Lipinski definition) is 2. The van der Waals surface area contributed by atoms with E-state index < -0.39 is 21.5 Å². The molecule has 0 aliphatic heterocycles. The summed E-state index contributed by atoms with van der Waals surface area (Å²) in [5, 5.41) is 6.14. The number of anilines is 1. The third kappa shape index (κ3) is 12.5. The van der Waals surface area contributed by atoms with Crippen LogP contribution in [0.4, 0.5) is 10.5 Å². The molecule has 3 aromatic carbocycles. The molecule has 2 N–H and O–H groups in total. The highest BCUT2D eigenvalue weighted by molar-refractivity contribution is 9.10. The van der Waals surface area contributed by atoms with Crippen LogP contribution in [0.25, 0.3) is 11.1 Å². The molecule has 0 fully saturated rings. The van der Waals surface area contributed by atoms with E-state index in [1.54, 1.807) is 24.3 Å². The first-order valence-electron chi connectivity index (χ1n) is 13.6. The number of rotatable bonds is 14. The van der Waals surface area contributed by atoms with Crippen molar-refractivity contribution in [2.45, 2.75) is 57.0 Å². The summed E-state index contributed by atoms with van der Waals surface area (Å²) < 4.78 is 38.7. The molecule has 0 bridgehead atoms. The second-order valence-electron chi connectivity index (χ2n) is 10.6. The minimum Gasteiger partial charge on any atom is -0.494 e. The fourth-order valence-corrected chi connectivity index (χ4v) is 6.08. The zero-order valence-electron chi connectivity index (χ0n) is 24.1. The van der Waals surface area contributed by atoms with Crippen molar-refractivity contribution in [2.75, 3.05) is 30.8 Å². The summed E-state index contributed by atoms with van der Waals surface area (Å²) in [6, 6.07) is 20.7. The summed E-state index contributed by atoms with van der Waals surface area (Å²) >= 11 is 7.07. The third-order valence-electron chi connectivity index (χ3n) is 5.96. The lowest BCUT2D eigenvalue weighted by Crippen LogP contribution is -2.33. The van der Waals surface area contributed by atoms with E-state index in [1.807, 2.05) is 51.1 Å². The molecule has 0 aliphatic carbocycles. The monoisotopic (exact) mass is 744 g/mol. The number of hydrogen-bond acceptors (Lipinski definition) is 6. The molecule has 230 valence electrons. The van der Waals surface area contributed by atoms with Crippen molar-refractivity contribution in [2.24, 2.45) is 0 Å². The summed E-state index contributed by atoms with van der Waals surface area (Å²) in [5.74, 6) is 0.674. The third-order valence-corrected chi connectivity index (χ3v) is 8.77. The zero-order valence-corrected chi connectivity index (χ0v) is 28.9. The molecule has 0 radical (unpaired) electrons. The first-order chi connectivity index (χ1) is 19.4. The van der Waals surface area contributed by atoms with Gasteiger partial charge < -0.3 is 20.1 Å². The Labute approximate surface area is 272 Å². The number of alkyl carbamates (subject to hydrolysis) is 1. The number of ether oxygens (including phenoxy) is 2. The number of amides is 1. The van der Waals surface area contributed by atoms with Crippen LogP contribution in [0.3, 0.4) is 0 Å². The van der Waals surface area contributed by atoms with E-state index in [4.69, 9.17) is 9.47 Å². The molecule has 42 heavy (non-hydrogen) atoms. The topological polar surface area (TPSA) is 93.7 Å². The molecule has 3 rings (SSSR count). The summed E-state index contributed by atoms with van der Waals surface area (Å²) in [6.45, 7) is 7.08. The highest BCUT2D eigenvalue weighted by Gasteiger charge is 2.16. The summed E-state index contributed by atoms with van der Waals surface area (Å²) in [5.41, 5.74) is 2.55. The van der Waals surface area contributed by atoms with Crippen molar-refractivity contribution in [3.63, 3.8) is 0 Å². The lowest BCUT2D eigenvalue weighted by atomic mass is 10.0. The van der Waals surface area contributed by atoms with Gasteiger partial charge in [-0.1, -0.05) is 44.0 Å². The van der Waals surface area contributed by atoms with Gasteiger partial charge in [-0.3, -0.25) is 0 Å². The maximum absolute atomic E-state index is 12.9. The van der Waals surface area contributed by atoms with Gasteiger partial charge >= 0.3 is 6.09 Å². The molecule has 0 aliphatic rings. The Morgan fingerprint density at radius 1 is 0.857 bits per heavy atom. The maximum atomic E-state index is 12.9. The van der Waals surface area contributed by atoms with Crippen molar-refractivity contribution in [3.8, 4) is 16.9 Å². The Morgan fingerprint density at radius 3 is 2.26 bits per heavy atom. The highest BCUT2D eigenvalue weighted by atomic mass is 79.9. The average molecular weight is 747 g/mol. The first-order valence-corrected chi connectivity index (χ1v) is 16.9. The van der Waals surface area contributed by atoms with Gasteiger partial charge in [-0.2, -0.15) is 0 Å². The Hall–Kier alpha value is -2.27. The molecule has 0 saturated heterocycles. The highest BCUT2D eigenvalue weighted by Crippen LogP contribution is 2.32. The number of carbonyl (C=O) groups is 1. The van der Waals surface area contributed by atoms with Gasteiger partial charge in [0.05, 0.1) is 17.3 Å². The number of nitrogens with one attached hydrogen (secondary N) is 2. The average Bonchev–Trinajstić information content (AvgIpc) is 2.90. The van der Waals surface area contributed by atoms with Crippen LogP contribution >= 0.6 is 44.3 Å². The van der Waals surface area contributed by atoms with Gasteiger partial charge in [0, 0.05) is 33.3 Å². The molecule has 1 amide bonds. The number of benzene rings is 3. The molecular formula is C31H39Br2ClN2O5S. The van der Waals surface area contributed by atoms with Crippen molar-refractivity contribution in [1.29, 1.82) is 0 Å². The number of halogens is 3. The first kappa shape index (κ1) is 35.9. The lowest BCUT2D eigenvalue weighted by Gasteiger charge is -2.19. The SMILES string of the molecule is CC(C)(C)OC(=O)NCCCCCOc1ccc(S(=O)(=O)CCCNc2ccc(Br)cc2-c2cccc(Br)c2)cc1.Cl. The standard InChI is InChI=1S/C31H38Br2N2O5S.ClH/c1-31(2,3)40-30(36)35-17-5-4-6-19-39-26-12-14-27(15-13-26)41(37,38)20-8-18-34-29-16-11-25(33)22-28(29)23-9-7-10-24(32)21-23;/h7,9-16,21-22,34H,4-6,8,17-20H2,1-3H3,(H,35,36);1H. The molecule has 0 heterocycles. The van der Waals surface area contributed by atoms with Gasteiger partial charge in [0.15, 0.2) is 9.84 Å². The molecule has 0 unspecified atom stereocenters. The van der Waals surface area contributed by atoms with E-state index in [1.165, 1.54) is 0 Å². The quantitative estimate of drug-likeness (QED) is 0.161. The Morgan fingerprint density at radius 2 is 1.57 bits per heavy atom. The predicted octanol–water partition coefficient (Wildman–Crippen LogP) is 8.65. The van der Waals surface area contributed by atoms with Gasteiger partial charge in [-0.25, -0.2) is 13.2 Å². The molecule has 7 nitrogen and oxygen atoms in total. The zero-order chi connectivity index (χ0) is 29.9. The minimum absolute atomic E-state index is 0. The van der Waals surface area contributed by atoms with Crippen LogP contribution in [0, 0.1) is 0 Å². The van der Waals surface area contributed by atoms with Gasteiger partial charge in [0.2, 0.25) is 0 Å². The maximum Gasteiger partial charge on any atom is 0.407 e. The van der Waals surface area contributed by atoms with Crippen molar-refractivity contribution < 1.29 is 22.7 Å². The van der Waals surface area contributed by atoms with Crippen LogP contribution in [0.1, 0.15) is 46.5 Å². The molecular weight excluding hydrogens is 708 g/mol. The molecule has 0 spiro atoms. The van der Waals surface area contributed by atoms with E-state index in [2.05, 4.69) is 54.6 Å². The summed E-state index contributed by atoms with van der Waals surface area (Å²) in [4.78, 5) is 11.9. The Kier molecular flexibility index (Phi) is 14.7. The van der Waals surface area contributed by atoms with E-state index >= 15 is 0 Å².